The van der Waals surface area contributed by atoms with E-state index in [1.165, 1.54) is 0 Å². The van der Waals surface area contributed by atoms with E-state index in [4.69, 9.17) is 0 Å². The van der Waals surface area contributed by atoms with Gasteiger partial charge in [0.25, 0.3) is 0 Å². The summed E-state index contributed by atoms with van der Waals surface area (Å²) < 4.78 is 1.54. The molecule has 0 bridgehead atoms. The van der Waals surface area contributed by atoms with Gasteiger partial charge in [-0.15, -0.1) is 0 Å². The van der Waals surface area contributed by atoms with E-state index in [-0.39, 0.29) is 58.8 Å². The second kappa shape index (κ2) is 8.06. The second-order valence-corrected chi connectivity index (χ2v) is 20.3. The molecule has 2 rings (SSSR count). The van der Waals surface area contributed by atoms with Crippen LogP contribution in [-0.4, -0.2) is 47.4 Å². The SMILES string of the molecule is Cc1ccc([Se][Se][Se]c2ccc(C)cc2[N+](=O)[O-])c([N+](=O)[O-])c1. The first-order valence-electron chi connectivity index (χ1n) is 6.40. The van der Waals surface area contributed by atoms with E-state index in [9.17, 15) is 20.2 Å². The molecule has 0 fully saturated rings. The third-order valence-corrected chi connectivity index (χ3v) is 18.5. The average molecular weight is 509 g/mol. The van der Waals surface area contributed by atoms with E-state index >= 15 is 0 Å². The molecule has 0 N–H and O–H groups in total. The fourth-order valence-electron chi connectivity index (χ4n) is 1.77. The molecular weight excluding hydrogens is 497 g/mol. The van der Waals surface area contributed by atoms with Gasteiger partial charge in [0.2, 0.25) is 0 Å². The van der Waals surface area contributed by atoms with E-state index in [1.54, 1.807) is 12.1 Å². The van der Waals surface area contributed by atoms with Gasteiger partial charge < -0.3 is 0 Å². The van der Waals surface area contributed by atoms with Crippen LogP contribution in [0.2, 0.25) is 0 Å². The number of hydrogen-bond donors (Lipinski definition) is 0. The van der Waals surface area contributed by atoms with Crippen molar-refractivity contribution < 1.29 is 9.85 Å². The van der Waals surface area contributed by atoms with Gasteiger partial charge >= 0.3 is 149 Å². The standard InChI is InChI=1S/C14H12N2O4Se3/c1-9-3-5-13(11(7-9)15(17)18)21-23-22-14-6-4-10(2)8-12(14)16(19)20/h3-8H,1-2H3. The van der Waals surface area contributed by atoms with E-state index < -0.39 is 0 Å². The molecule has 23 heavy (non-hydrogen) atoms. The molecule has 0 aliphatic heterocycles. The Kier molecular flexibility index (Phi) is 6.36. The first-order valence-corrected chi connectivity index (χ1v) is 16.8. The molecule has 0 aliphatic carbocycles. The van der Waals surface area contributed by atoms with Crippen LogP contribution in [0.5, 0.6) is 0 Å². The van der Waals surface area contributed by atoms with Crippen LogP contribution in [0.1, 0.15) is 11.1 Å². The van der Waals surface area contributed by atoms with Crippen LogP contribution in [0.15, 0.2) is 36.4 Å². The Bertz CT molecular complexity index is 704. The van der Waals surface area contributed by atoms with E-state index in [1.807, 2.05) is 38.1 Å². The molecule has 0 radical (unpaired) electrons. The van der Waals surface area contributed by atoms with Gasteiger partial charge in [0.15, 0.2) is 0 Å². The third-order valence-electron chi connectivity index (χ3n) is 2.87. The fourth-order valence-corrected chi connectivity index (χ4v) is 18.9. The van der Waals surface area contributed by atoms with Crippen molar-refractivity contribution in [1.29, 1.82) is 0 Å². The number of benzene rings is 2. The molecule has 0 atom stereocenters. The normalized spacial score (nSPS) is 10.5. The minimum absolute atomic E-state index is 0.0120. The van der Waals surface area contributed by atoms with Crippen molar-refractivity contribution in [2.45, 2.75) is 13.8 Å². The summed E-state index contributed by atoms with van der Waals surface area (Å²) in [5, 5.41) is 22.3. The Hall–Kier alpha value is -1.20. The van der Waals surface area contributed by atoms with Crippen LogP contribution < -0.4 is 8.92 Å². The van der Waals surface area contributed by atoms with Gasteiger partial charge in [0.05, 0.1) is 0 Å². The van der Waals surface area contributed by atoms with Gasteiger partial charge in [0.1, 0.15) is 0 Å². The van der Waals surface area contributed by atoms with Crippen molar-refractivity contribution in [3.8, 4) is 0 Å². The number of nitro groups is 2. The minimum atomic E-state index is -0.346. The average Bonchev–Trinajstić information content (AvgIpc) is 2.49. The van der Waals surface area contributed by atoms with Crippen LogP contribution in [0.3, 0.4) is 0 Å². The van der Waals surface area contributed by atoms with Crippen LogP contribution in [0.4, 0.5) is 11.4 Å². The van der Waals surface area contributed by atoms with Crippen LogP contribution in [0.25, 0.3) is 0 Å². The molecule has 0 heterocycles. The molecule has 0 spiro atoms. The topological polar surface area (TPSA) is 86.3 Å². The van der Waals surface area contributed by atoms with E-state index in [0.717, 1.165) is 20.1 Å². The summed E-state index contributed by atoms with van der Waals surface area (Å²) in [7, 11) is 0. The summed E-state index contributed by atoms with van der Waals surface area (Å²) in [5.41, 5.74) is 2.06. The molecule has 0 saturated carbocycles. The van der Waals surface area contributed by atoms with Gasteiger partial charge in [-0.1, -0.05) is 0 Å². The molecular formula is C14H12N2O4Se3. The Morgan fingerprint density at radius 2 is 1.17 bits per heavy atom. The Morgan fingerprint density at radius 1 is 0.783 bits per heavy atom. The predicted octanol–water partition coefficient (Wildman–Crippen LogP) is 1.01. The Balaban J connectivity index is 2.12. The van der Waals surface area contributed by atoms with Gasteiger partial charge in [-0.2, -0.15) is 0 Å². The van der Waals surface area contributed by atoms with Crippen molar-refractivity contribution in [1.82, 2.24) is 0 Å². The summed E-state index contributed by atoms with van der Waals surface area (Å²) in [4.78, 5) is 21.6. The molecule has 6 nitrogen and oxygen atoms in total. The summed E-state index contributed by atoms with van der Waals surface area (Å²) in [6.07, 6.45) is 0. The molecule has 2 aromatic rings. The van der Waals surface area contributed by atoms with Crippen molar-refractivity contribution in [2.75, 3.05) is 0 Å². The van der Waals surface area contributed by atoms with Gasteiger partial charge in [-0.3, -0.25) is 0 Å². The third kappa shape index (κ3) is 4.88. The predicted molar refractivity (Wildman–Crippen MR) is 92.2 cm³/mol. The molecule has 0 aliphatic rings. The van der Waals surface area contributed by atoms with Crippen molar-refractivity contribution in [3.63, 3.8) is 0 Å². The zero-order valence-electron chi connectivity index (χ0n) is 12.2. The van der Waals surface area contributed by atoms with Crippen LogP contribution in [-0.2, 0) is 0 Å². The number of nitro benzene ring substituents is 2. The molecule has 9 heteroatoms. The monoisotopic (exact) mass is 512 g/mol. The molecule has 120 valence electrons. The summed E-state index contributed by atoms with van der Waals surface area (Å²) in [5.74, 6) is 0. The number of rotatable bonds is 6. The molecule has 0 unspecified atom stereocenters. The van der Waals surface area contributed by atoms with E-state index in [2.05, 4.69) is 0 Å². The molecule has 0 amide bonds. The quantitative estimate of drug-likeness (QED) is 0.331. The fraction of sp³-hybridized carbons (Fsp3) is 0.143. The number of hydrogen-bond acceptors (Lipinski definition) is 4. The van der Waals surface area contributed by atoms with E-state index in [0.29, 0.717) is 0 Å². The molecule has 0 aromatic heterocycles. The summed E-state index contributed by atoms with van der Waals surface area (Å²) in [6.45, 7) is 3.66. The molecule has 2 aromatic carbocycles. The van der Waals surface area contributed by atoms with Crippen molar-refractivity contribution >= 4 is 57.9 Å². The first kappa shape index (κ1) is 18.1. The maximum absolute atomic E-state index is 11.1. The van der Waals surface area contributed by atoms with Gasteiger partial charge in [-0.05, 0) is 0 Å². The number of nitrogens with zero attached hydrogens (tertiary/aromatic N) is 2. The van der Waals surface area contributed by atoms with Crippen molar-refractivity contribution in [3.05, 3.63) is 67.8 Å². The Labute approximate surface area is 148 Å². The van der Waals surface area contributed by atoms with Crippen LogP contribution in [0, 0.1) is 34.1 Å². The molecule has 0 saturated heterocycles. The summed E-state index contributed by atoms with van der Waals surface area (Å²) >= 11 is 0.115. The zero-order valence-corrected chi connectivity index (χ0v) is 17.4. The first-order chi connectivity index (χ1) is 10.9. The van der Waals surface area contributed by atoms with Crippen LogP contribution >= 0.6 is 0 Å². The van der Waals surface area contributed by atoms with Gasteiger partial charge in [-0.25, -0.2) is 0 Å². The summed E-state index contributed by atoms with van der Waals surface area (Å²) in [6, 6.07) is 10.6. The Morgan fingerprint density at radius 3 is 1.52 bits per heavy atom. The maximum atomic E-state index is 11.1. The van der Waals surface area contributed by atoms with Crippen molar-refractivity contribution in [2.24, 2.45) is 0 Å². The second-order valence-electron chi connectivity index (χ2n) is 4.69. The zero-order chi connectivity index (χ0) is 17.0. The number of aryl methyl sites for hydroxylation is 2. The van der Waals surface area contributed by atoms with Gasteiger partial charge in [0, 0.05) is 0 Å².